The Hall–Kier alpha value is -4.30. The van der Waals surface area contributed by atoms with E-state index in [-0.39, 0.29) is 89.7 Å². The van der Waals surface area contributed by atoms with Gasteiger partial charge in [0, 0.05) is 28.9 Å². The molecule has 6 aliphatic rings. The summed E-state index contributed by atoms with van der Waals surface area (Å²) in [6, 6.07) is 15.4. The summed E-state index contributed by atoms with van der Waals surface area (Å²) in [6.07, 6.45) is 0.514. The second-order valence-electron chi connectivity index (χ2n) is 17.2. The molecule has 2 N–H and O–H groups in total. The standard InChI is InChI=1S/C22H20F2N2O5S2.C21H20ClF2NO5S2/c23-17-5-6-18(24)21-20(17)22(33(29,30)14-3-1-13(11-25)2-4-14)9-7-19-15(16(22)12-31-21)8-10-32(27,28)26-19;22-12-1-3-13(4-2-12)32(28,29)21-9-7-18-14(8-10-31(26,27)25-18)15(21)11-30-20-17(24)6-5-16(23)19(20)21/h1-6,15-16,19,26H,7-10,12H2;1-6,14-15,18,25H,7-11H2/t15-,16-,19+,22-;14-,15-,18+,21-/m00/s1. The van der Waals surface area contributed by atoms with E-state index in [9.17, 15) is 42.5 Å². The summed E-state index contributed by atoms with van der Waals surface area (Å²) in [7, 11) is -15.5. The lowest BCUT2D eigenvalue weighted by Gasteiger charge is -2.54. The molecule has 0 spiro atoms. The first-order valence-electron chi connectivity index (χ1n) is 20.6. The maximum absolute atomic E-state index is 15.3. The number of nitriles is 1. The van der Waals surface area contributed by atoms with Crippen molar-refractivity contribution in [2.45, 2.75) is 69.9 Å². The molecule has 4 heterocycles. The summed E-state index contributed by atoms with van der Waals surface area (Å²) in [5, 5.41) is 9.41. The van der Waals surface area contributed by atoms with Gasteiger partial charge in [0.05, 0.1) is 57.3 Å². The first-order chi connectivity index (χ1) is 30.7. The monoisotopic (exact) mass is 997 g/mol. The summed E-state index contributed by atoms with van der Waals surface area (Å²) in [4.78, 5) is -0.170. The number of nitrogens with one attached hydrogen (secondary N) is 2. The van der Waals surface area contributed by atoms with Crippen molar-refractivity contribution in [3.8, 4) is 17.6 Å². The molecule has 13 nitrogen and oxygen atoms in total. The smallest absolute Gasteiger partial charge is 0.211 e. The third-order valence-corrected chi connectivity index (χ3v) is 22.4. The second-order valence-corrected chi connectivity index (χ2v) is 25.8. The Bertz CT molecular complexity index is 3110. The lowest BCUT2D eigenvalue weighted by Crippen LogP contribution is -2.62. The lowest BCUT2D eigenvalue weighted by molar-refractivity contribution is 0.0537. The summed E-state index contributed by atoms with van der Waals surface area (Å²) in [6.45, 7) is -0.352. The van der Waals surface area contributed by atoms with Gasteiger partial charge in [-0.1, -0.05) is 11.6 Å². The van der Waals surface area contributed by atoms with Crippen LogP contribution in [0, 0.1) is 58.3 Å². The van der Waals surface area contributed by atoms with E-state index in [1.165, 1.54) is 48.5 Å². The van der Waals surface area contributed by atoms with Crippen molar-refractivity contribution < 1.29 is 60.7 Å². The Morgan fingerprint density at radius 2 is 0.985 bits per heavy atom. The first kappa shape index (κ1) is 45.8. The van der Waals surface area contributed by atoms with Crippen molar-refractivity contribution in [2.24, 2.45) is 23.7 Å². The third-order valence-electron chi connectivity index (χ3n) is 14.2. The molecule has 0 unspecified atom stereocenters. The van der Waals surface area contributed by atoms with Gasteiger partial charge < -0.3 is 9.47 Å². The molecule has 10 rings (SSSR count). The van der Waals surface area contributed by atoms with E-state index in [0.717, 1.165) is 24.3 Å². The van der Waals surface area contributed by atoms with Crippen LogP contribution in [0.25, 0.3) is 0 Å². The summed E-state index contributed by atoms with van der Waals surface area (Å²) in [5.41, 5.74) is -0.386. The van der Waals surface area contributed by atoms with Crippen LogP contribution >= 0.6 is 11.6 Å². The van der Waals surface area contributed by atoms with Gasteiger partial charge in [0.1, 0.15) is 21.1 Å². The minimum absolute atomic E-state index is 0.0572. The van der Waals surface area contributed by atoms with Crippen LogP contribution in [-0.2, 0) is 49.2 Å². The molecular weight excluding hydrogens is 958 g/mol. The van der Waals surface area contributed by atoms with Gasteiger partial charge in [0.25, 0.3) is 0 Å². The fourth-order valence-corrected chi connectivity index (χ4v) is 19.2. The number of ether oxygens (including phenoxy) is 2. The quantitative estimate of drug-likeness (QED) is 0.227. The maximum atomic E-state index is 15.3. The van der Waals surface area contributed by atoms with Crippen LogP contribution in [0.15, 0.2) is 82.6 Å². The molecule has 4 aromatic carbocycles. The first-order valence-corrected chi connectivity index (χ1v) is 27.3. The van der Waals surface area contributed by atoms with Gasteiger partial charge in [-0.15, -0.1) is 0 Å². The Morgan fingerprint density at radius 3 is 1.38 bits per heavy atom. The predicted octanol–water partition coefficient (Wildman–Crippen LogP) is 6.01. The van der Waals surface area contributed by atoms with Gasteiger partial charge in [-0.25, -0.2) is 60.7 Å². The lowest BCUT2D eigenvalue weighted by atomic mass is 9.64. The summed E-state index contributed by atoms with van der Waals surface area (Å²) < 4.78 is 178. The third kappa shape index (κ3) is 7.24. The number of benzene rings is 4. The van der Waals surface area contributed by atoms with Gasteiger partial charge in [-0.3, -0.25) is 0 Å². The zero-order valence-electron chi connectivity index (χ0n) is 34.0. The number of nitrogens with zero attached hydrogens (tertiary/aromatic N) is 1. The van der Waals surface area contributed by atoms with E-state index >= 15 is 8.78 Å². The van der Waals surface area contributed by atoms with Crippen LogP contribution < -0.4 is 18.9 Å². The predicted molar refractivity (Wildman–Crippen MR) is 227 cm³/mol. The van der Waals surface area contributed by atoms with Crippen molar-refractivity contribution in [3.05, 3.63) is 118 Å². The zero-order chi connectivity index (χ0) is 46.5. The number of fused-ring (bicyclic) bond motifs is 10. The second kappa shape index (κ2) is 16.2. The Balaban J connectivity index is 0.000000164. The van der Waals surface area contributed by atoms with Crippen LogP contribution in [0.5, 0.6) is 11.5 Å². The average Bonchev–Trinajstić information content (AvgIpc) is 3.27. The van der Waals surface area contributed by atoms with Gasteiger partial charge in [-0.05, 0) is 123 Å². The van der Waals surface area contributed by atoms with E-state index < -0.39 is 120 Å². The zero-order valence-corrected chi connectivity index (χ0v) is 38.0. The van der Waals surface area contributed by atoms with Gasteiger partial charge in [0.15, 0.2) is 42.8 Å². The SMILES string of the molecule is N#Cc1ccc(S(=O)(=O)[C@@]23CC[C@H]4NS(=O)(=O)CC[C@H]4[C@@H]2COc2c(F)ccc(F)c23)cc1.O=S1(=O)CC[C@@H]2[C@@H](CC[C@@]3(S(=O)(=O)c4ccc(Cl)cc4)c4c(F)ccc(F)c4OC[C@@H]23)N1. The molecule has 2 saturated heterocycles. The summed E-state index contributed by atoms with van der Waals surface area (Å²) >= 11 is 5.94. The van der Waals surface area contributed by atoms with Crippen LogP contribution in [-0.4, -0.2) is 70.5 Å². The average molecular weight is 999 g/mol. The van der Waals surface area contributed by atoms with Gasteiger partial charge in [-0.2, -0.15) is 5.26 Å². The normalized spacial score (nSPS) is 30.6. The molecule has 4 aromatic rings. The molecule has 0 amide bonds. The highest BCUT2D eigenvalue weighted by atomic mass is 35.5. The van der Waals surface area contributed by atoms with Crippen LogP contribution in [0.3, 0.4) is 0 Å². The number of halogens is 5. The Kier molecular flexibility index (Phi) is 11.4. The van der Waals surface area contributed by atoms with E-state index in [1.807, 2.05) is 6.07 Å². The number of hydrogen-bond acceptors (Lipinski definition) is 11. The number of sulfone groups is 2. The topological polar surface area (TPSA) is 203 Å². The van der Waals surface area contributed by atoms with E-state index in [4.69, 9.17) is 26.3 Å². The highest BCUT2D eigenvalue weighted by Gasteiger charge is 2.65. The van der Waals surface area contributed by atoms with Crippen molar-refractivity contribution >= 4 is 51.3 Å². The highest BCUT2D eigenvalue weighted by molar-refractivity contribution is 7.93. The van der Waals surface area contributed by atoms with Crippen LogP contribution in [0.1, 0.15) is 55.2 Å². The Morgan fingerprint density at radius 1 is 0.600 bits per heavy atom. The number of hydrogen-bond donors (Lipinski definition) is 2. The van der Waals surface area contributed by atoms with Crippen molar-refractivity contribution in [2.75, 3.05) is 24.7 Å². The van der Waals surface area contributed by atoms with Crippen molar-refractivity contribution in [3.63, 3.8) is 0 Å². The molecule has 8 atom stereocenters. The fraction of sp³-hybridized carbons (Fsp3) is 0.419. The number of sulfonamides is 2. The van der Waals surface area contributed by atoms with Gasteiger partial charge in [0.2, 0.25) is 20.0 Å². The van der Waals surface area contributed by atoms with Crippen molar-refractivity contribution in [1.29, 1.82) is 5.26 Å². The molecular formula is C43H40ClF4N3O10S4. The molecule has 4 aliphatic heterocycles. The largest absolute Gasteiger partial charge is 0.490 e. The molecule has 22 heteroatoms. The maximum Gasteiger partial charge on any atom is 0.211 e. The minimum Gasteiger partial charge on any atom is -0.490 e. The van der Waals surface area contributed by atoms with E-state index in [2.05, 4.69) is 9.44 Å². The minimum atomic E-state index is -4.31. The summed E-state index contributed by atoms with van der Waals surface area (Å²) in [5.74, 6) is -7.03. The molecule has 2 saturated carbocycles. The molecule has 346 valence electrons. The van der Waals surface area contributed by atoms with E-state index in [1.54, 1.807) is 0 Å². The molecule has 2 aliphatic carbocycles. The highest BCUT2D eigenvalue weighted by Crippen LogP contribution is 2.61. The van der Waals surface area contributed by atoms with Crippen molar-refractivity contribution in [1.82, 2.24) is 9.44 Å². The molecule has 65 heavy (non-hydrogen) atoms. The van der Waals surface area contributed by atoms with Crippen LogP contribution in [0.4, 0.5) is 17.6 Å². The van der Waals surface area contributed by atoms with Crippen LogP contribution in [0.2, 0.25) is 5.02 Å². The Labute approximate surface area is 378 Å². The molecule has 0 aromatic heterocycles. The molecule has 4 fully saturated rings. The van der Waals surface area contributed by atoms with Gasteiger partial charge >= 0.3 is 0 Å². The molecule has 0 bridgehead atoms. The molecule has 0 radical (unpaired) electrons. The fourth-order valence-electron chi connectivity index (χ4n) is 11.3. The van der Waals surface area contributed by atoms with E-state index in [0.29, 0.717) is 5.02 Å². The number of rotatable bonds is 4.